The largest absolute Gasteiger partial charge is 0.497 e. The van der Waals surface area contributed by atoms with Gasteiger partial charge in [-0.15, -0.1) is 10.2 Å². The van der Waals surface area contributed by atoms with E-state index in [0.29, 0.717) is 55.5 Å². The van der Waals surface area contributed by atoms with E-state index in [2.05, 4.69) is 15.1 Å². The zero-order valence-electron chi connectivity index (χ0n) is 23.9. The lowest BCUT2D eigenvalue weighted by Gasteiger charge is -2.26. The van der Waals surface area contributed by atoms with Crippen molar-refractivity contribution in [2.24, 2.45) is 0 Å². The van der Waals surface area contributed by atoms with Gasteiger partial charge in [0, 0.05) is 38.3 Å². The number of carbonyl (C=O) groups is 1. The van der Waals surface area contributed by atoms with Crippen LogP contribution in [0.1, 0.15) is 19.8 Å². The highest BCUT2D eigenvalue weighted by Gasteiger charge is 2.29. The van der Waals surface area contributed by atoms with Crippen molar-refractivity contribution in [1.82, 2.24) is 19.4 Å². The molecule has 220 valence electrons. The summed E-state index contributed by atoms with van der Waals surface area (Å²) in [4.78, 5) is 17.3. The summed E-state index contributed by atoms with van der Waals surface area (Å²) in [7, 11) is 0.869. The molecule has 2 heterocycles. The summed E-state index contributed by atoms with van der Waals surface area (Å²) in [5, 5.41) is 8.86. The molecule has 0 unspecified atom stereocenters. The van der Waals surface area contributed by atoms with E-state index >= 15 is 0 Å². The van der Waals surface area contributed by atoms with Gasteiger partial charge < -0.3 is 24.0 Å². The van der Waals surface area contributed by atoms with Gasteiger partial charge in [0.25, 0.3) is 0 Å². The van der Waals surface area contributed by atoms with Gasteiger partial charge >= 0.3 is 0 Å². The second kappa shape index (κ2) is 13.6. The summed E-state index contributed by atoms with van der Waals surface area (Å²) in [6.45, 7) is 4.20. The summed E-state index contributed by atoms with van der Waals surface area (Å²) < 4.78 is 43.7. The fourth-order valence-corrected chi connectivity index (χ4v) is 6.20. The van der Waals surface area contributed by atoms with E-state index in [1.54, 1.807) is 31.3 Å². The van der Waals surface area contributed by atoms with Gasteiger partial charge in [-0.3, -0.25) is 4.79 Å². The number of benzene rings is 2. The minimum Gasteiger partial charge on any atom is -0.497 e. The van der Waals surface area contributed by atoms with Crippen molar-refractivity contribution in [3.8, 4) is 28.5 Å². The molecule has 0 spiro atoms. The Hall–Kier alpha value is -3.90. The molecule has 0 saturated carbocycles. The summed E-state index contributed by atoms with van der Waals surface area (Å²) in [6.07, 6.45) is 1.32. The molecule has 0 aliphatic carbocycles. The number of ether oxygens (including phenoxy) is 3. The molecule has 1 aliphatic rings. The van der Waals surface area contributed by atoms with Crippen LogP contribution in [0.25, 0.3) is 11.3 Å². The van der Waals surface area contributed by atoms with E-state index in [9.17, 15) is 13.2 Å². The Morgan fingerprint density at radius 1 is 0.878 bits per heavy atom. The van der Waals surface area contributed by atoms with Crippen LogP contribution in [-0.4, -0.2) is 94.3 Å². The third kappa shape index (κ3) is 7.06. The molecule has 0 atom stereocenters. The van der Waals surface area contributed by atoms with Crippen LogP contribution < -0.4 is 19.1 Å². The van der Waals surface area contributed by atoms with Gasteiger partial charge in [0.05, 0.1) is 38.5 Å². The predicted molar refractivity (Wildman–Crippen MR) is 156 cm³/mol. The lowest BCUT2D eigenvalue weighted by Crippen LogP contribution is -2.44. The van der Waals surface area contributed by atoms with E-state index in [0.717, 1.165) is 17.8 Å². The van der Waals surface area contributed by atoms with Crippen molar-refractivity contribution in [2.45, 2.75) is 24.7 Å². The number of aromatic nitrogens is 2. The van der Waals surface area contributed by atoms with Crippen molar-refractivity contribution in [2.75, 3.05) is 65.5 Å². The Morgan fingerprint density at radius 2 is 1.63 bits per heavy atom. The molecule has 1 saturated heterocycles. The molecule has 0 bridgehead atoms. The average Bonchev–Trinajstić information content (AvgIpc) is 3.27. The van der Waals surface area contributed by atoms with Crippen molar-refractivity contribution >= 4 is 21.7 Å². The maximum absolute atomic E-state index is 13.3. The van der Waals surface area contributed by atoms with Crippen LogP contribution in [0.2, 0.25) is 0 Å². The lowest BCUT2D eigenvalue weighted by atomic mass is 10.1. The number of anilines is 1. The monoisotopic (exact) mass is 583 g/mol. The molecule has 1 amide bonds. The highest BCUT2D eigenvalue weighted by Crippen LogP contribution is 2.31. The lowest BCUT2D eigenvalue weighted by molar-refractivity contribution is -0.131. The van der Waals surface area contributed by atoms with Gasteiger partial charge in [-0.05, 0) is 67.4 Å². The fraction of sp³-hybridized carbons (Fsp3) is 0.414. The van der Waals surface area contributed by atoms with E-state index < -0.39 is 10.0 Å². The predicted octanol–water partition coefficient (Wildman–Crippen LogP) is 3.31. The first kappa shape index (κ1) is 30.1. The molecule has 0 N–H and O–H groups in total. The number of sulfonamides is 1. The number of nitrogens with zero attached hydrogens (tertiary/aromatic N) is 5. The van der Waals surface area contributed by atoms with Crippen LogP contribution in [0.4, 0.5) is 5.82 Å². The van der Waals surface area contributed by atoms with Crippen LogP contribution >= 0.6 is 0 Å². The molecule has 12 heteroatoms. The Morgan fingerprint density at radius 3 is 2.27 bits per heavy atom. The summed E-state index contributed by atoms with van der Waals surface area (Å²) >= 11 is 0. The molecular weight excluding hydrogens is 546 g/mol. The van der Waals surface area contributed by atoms with E-state index in [1.165, 1.54) is 23.5 Å². The number of rotatable bonds is 11. The van der Waals surface area contributed by atoms with Gasteiger partial charge in [-0.25, -0.2) is 8.42 Å². The van der Waals surface area contributed by atoms with Crippen LogP contribution in [0.5, 0.6) is 17.2 Å². The summed E-state index contributed by atoms with van der Waals surface area (Å²) in [6, 6.07) is 15.6. The van der Waals surface area contributed by atoms with Crippen LogP contribution in [-0.2, 0) is 14.8 Å². The third-order valence-electron chi connectivity index (χ3n) is 6.98. The van der Waals surface area contributed by atoms with Crippen molar-refractivity contribution in [1.29, 1.82) is 0 Å². The first-order valence-electron chi connectivity index (χ1n) is 13.5. The van der Waals surface area contributed by atoms with E-state index in [-0.39, 0.29) is 23.9 Å². The Bertz CT molecular complexity index is 1420. The molecule has 3 aromatic rings. The van der Waals surface area contributed by atoms with E-state index in [1.807, 2.05) is 37.3 Å². The SMILES string of the molecule is CCCN(CC(=O)N1CCCN(c2ccc(-c3ccc(OC)c(OC)c3)nn2)CC1)S(=O)(=O)c1ccc(OC)cc1. The second-order valence-electron chi connectivity index (χ2n) is 9.58. The molecule has 4 rings (SSSR count). The number of hydrogen-bond acceptors (Lipinski definition) is 9. The topological polar surface area (TPSA) is 114 Å². The number of methoxy groups -OCH3 is 3. The van der Waals surface area contributed by atoms with Gasteiger partial charge in [0.2, 0.25) is 15.9 Å². The minimum atomic E-state index is -3.83. The normalized spacial score (nSPS) is 14.1. The summed E-state index contributed by atoms with van der Waals surface area (Å²) in [5.74, 6) is 2.32. The molecule has 1 aromatic heterocycles. The highest BCUT2D eigenvalue weighted by molar-refractivity contribution is 7.89. The summed E-state index contributed by atoms with van der Waals surface area (Å²) in [5.41, 5.74) is 1.56. The van der Waals surface area contributed by atoms with Crippen LogP contribution in [0.3, 0.4) is 0 Å². The van der Waals surface area contributed by atoms with Crippen LogP contribution in [0, 0.1) is 0 Å². The Kier molecular flexibility index (Phi) is 10.0. The highest BCUT2D eigenvalue weighted by atomic mass is 32.2. The molecule has 41 heavy (non-hydrogen) atoms. The zero-order valence-corrected chi connectivity index (χ0v) is 24.8. The quantitative estimate of drug-likeness (QED) is 0.335. The smallest absolute Gasteiger partial charge is 0.243 e. The first-order chi connectivity index (χ1) is 19.8. The van der Waals surface area contributed by atoms with Gasteiger partial charge in [0.1, 0.15) is 5.75 Å². The maximum atomic E-state index is 13.3. The van der Waals surface area contributed by atoms with E-state index in [4.69, 9.17) is 14.2 Å². The standard InChI is InChI=1S/C29H37N5O6S/c1-5-15-34(41(36,37)24-10-8-23(38-2)9-11-24)21-29(35)33-17-6-16-32(18-19-33)28-14-12-25(30-31-28)22-7-13-26(39-3)27(20-22)40-4/h7-14,20H,5-6,15-19,21H2,1-4H3. The maximum Gasteiger partial charge on any atom is 0.243 e. The van der Waals surface area contributed by atoms with Gasteiger partial charge in [-0.1, -0.05) is 6.92 Å². The molecule has 1 aliphatic heterocycles. The van der Waals surface area contributed by atoms with Crippen LogP contribution in [0.15, 0.2) is 59.5 Å². The average molecular weight is 584 g/mol. The van der Waals surface area contributed by atoms with Crippen molar-refractivity contribution in [3.05, 3.63) is 54.6 Å². The third-order valence-corrected chi connectivity index (χ3v) is 8.84. The van der Waals surface area contributed by atoms with Gasteiger partial charge in [0.15, 0.2) is 17.3 Å². The molecule has 1 fully saturated rings. The second-order valence-corrected chi connectivity index (χ2v) is 11.5. The van der Waals surface area contributed by atoms with Crippen molar-refractivity contribution in [3.63, 3.8) is 0 Å². The Labute approximate surface area is 241 Å². The zero-order chi connectivity index (χ0) is 29.4. The molecule has 0 radical (unpaired) electrons. The Balaban J connectivity index is 1.40. The molecule has 2 aromatic carbocycles. The van der Waals surface area contributed by atoms with Crippen molar-refractivity contribution < 1.29 is 27.4 Å². The number of carbonyl (C=O) groups excluding carboxylic acids is 1. The number of hydrogen-bond donors (Lipinski definition) is 0. The first-order valence-corrected chi connectivity index (χ1v) is 15.0. The molecular formula is C29H37N5O6S. The fourth-order valence-electron chi connectivity index (χ4n) is 4.72. The van der Waals surface area contributed by atoms with Gasteiger partial charge in [-0.2, -0.15) is 4.31 Å². The molecule has 11 nitrogen and oxygen atoms in total. The minimum absolute atomic E-state index is 0.136. The number of amides is 1.